The maximum absolute atomic E-state index is 12.3. The van der Waals surface area contributed by atoms with Gasteiger partial charge in [-0.05, 0) is 38.7 Å². The predicted molar refractivity (Wildman–Crippen MR) is 99.4 cm³/mol. The van der Waals surface area contributed by atoms with Crippen molar-refractivity contribution in [2.75, 3.05) is 27.2 Å². The second-order valence-corrected chi connectivity index (χ2v) is 6.35. The number of nitrogens with zero attached hydrogens (tertiary/aromatic N) is 1. The summed E-state index contributed by atoms with van der Waals surface area (Å²) in [6, 6.07) is 17.0. The van der Waals surface area contributed by atoms with E-state index in [2.05, 4.69) is 10.6 Å². The highest BCUT2D eigenvalue weighted by molar-refractivity contribution is 5.96. The summed E-state index contributed by atoms with van der Waals surface area (Å²) in [5.74, 6) is -0.459. The Morgan fingerprint density at radius 1 is 1.04 bits per heavy atom. The minimum Gasteiger partial charge on any atom is -0.346 e. The van der Waals surface area contributed by atoms with Gasteiger partial charge in [0, 0.05) is 12.1 Å². The van der Waals surface area contributed by atoms with Crippen molar-refractivity contribution in [1.82, 2.24) is 15.5 Å². The number of carbonyl (C=O) groups excluding carboxylic acids is 2. The van der Waals surface area contributed by atoms with Gasteiger partial charge in [0.25, 0.3) is 5.91 Å². The van der Waals surface area contributed by atoms with E-state index in [1.54, 1.807) is 12.1 Å². The molecule has 0 saturated carbocycles. The van der Waals surface area contributed by atoms with Crippen molar-refractivity contribution in [1.29, 1.82) is 0 Å². The summed E-state index contributed by atoms with van der Waals surface area (Å²) in [4.78, 5) is 26.4. The molecule has 5 heteroatoms. The molecule has 0 radical (unpaired) electrons. The van der Waals surface area contributed by atoms with E-state index in [9.17, 15) is 9.59 Å². The third-order valence-corrected chi connectivity index (χ3v) is 3.77. The summed E-state index contributed by atoms with van der Waals surface area (Å²) in [7, 11) is 3.92. The van der Waals surface area contributed by atoms with E-state index >= 15 is 0 Å². The molecule has 0 aliphatic heterocycles. The summed E-state index contributed by atoms with van der Waals surface area (Å²) < 4.78 is 0. The molecule has 132 valence electrons. The lowest BCUT2D eigenvalue weighted by atomic mass is 10.1. The van der Waals surface area contributed by atoms with Crippen LogP contribution in [0.2, 0.25) is 0 Å². The molecule has 0 fully saturated rings. The fourth-order valence-corrected chi connectivity index (χ4v) is 2.58. The Morgan fingerprint density at radius 2 is 1.76 bits per heavy atom. The number of amides is 2. The highest BCUT2D eigenvalue weighted by Crippen LogP contribution is 2.13. The molecule has 2 aromatic rings. The number of carbonyl (C=O) groups is 2. The first-order chi connectivity index (χ1) is 12.0. The second-order valence-electron chi connectivity index (χ2n) is 6.35. The number of likely N-dealkylation sites (N-methyl/N-ethyl adjacent to an activating group) is 1. The first kappa shape index (κ1) is 18.7. The highest BCUT2D eigenvalue weighted by Gasteiger charge is 2.16. The van der Waals surface area contributed by atoms with Gasteiger partial charge in [-0.2, -0.15) is 0 Å². The van der Waals surface area contributed by atoms with Crippen LogP contribution in [0.25, 0.3) is 0 Å². The van der Waals surface area contributed by atoms with Crippen LogP contribution >= 0.6 is 0 Å². The second kappa shape index (κ2) is 8.99. The molecule has 0 aliphatic rings. The molecule has 25 heavy (non-hydrogen) atoms. The van der Waals surface area contributed by atoms with Crippen LogP contribution in [0.5, 0.6) is 0 Å². The van der Waals surface area contributed by atoms with Crippen LogP contribution < -0.4 is 10.6 Å². The molecule has 0 heterocycles. The van der Waals surface area contributed by atoms with Gasteiger partial charge in [0.2, 0.25) is 5.91 Å². The first-order valence-corrected chi connectivity index (χ1v) is 8.29. The van der Waals surface area contributed by atoms with Crippen molar-refractivity contribution in [2.45, 2.75) is 13.0 Å². The van der Waals surface area contributed by atoms with E-state index in [4.69, 9.17) is 0 Å². The standard InChI is InChI=1S/C20H25N3O2/c1-15-8-7-11-17(12-15)20(25)21-13-19(24)22-18(14-23(2)3)16-9-5-4-6-10-16/h4-12,18H,13-14H2,1-3H3,(H,21,25)(H,22,24)/t18-/m0/s1. The van der Waals surface area contributed by atoms with Crippen LogP contribution in [0.15, 0.2) is 54.6 Å². The SMILES string of the molecule is Cc1cccc(C(=O)NCC(=O)N[C@@H](CN(C)C)c2ccccc2)c1. The average Bonchev–Trinajstić information content (AvgIpc) is 2.59. The Kier molecular flexibility index (Phi) is 6.71. The highest BCUT2D eigenvalue weighted by atomic mass is 16.2. The molecule has 0 spiro atoms. The molecule has 5 nitrogen and oxygen atoms in total. The topological polar surface area (TPSA) is 61.4 Å². The Bertz CT molecular complexity index is 714. The minimum atomic E-state index is -0.247. The van der Waals surface area contributed by atoms with Crippen molar-refractivity contribution in [3.63, 3.8) is 0 Å². The normalized spacial score (nSPS) is 11.8. The van der Waals surface area contributed by atoms with Crippen LogP contribution in [-0.2, 0) is 4.79 Å². The number of rotatable bonds is 7. The molecule has 0 unspecified atom stereocenters. The van der Waals surface area contributed by atoms with Gasteiger partial charge < -0.3 is 15.5 Å². The molecule has 2 N–H and O–H groups in total. The largest absolute Gasteiger partial charge is 0.346 e. The molecular formula is C20H25N3O2. The minimum absolute atomic E-state index is 0.0520. The van der Waals surface area contributed by atoms with Gasteiger partial charge in [0.1, 0.15) is 0 Å². The molecule has 0 saturated heterocycles. The summed E-state index contributed by atoms with van der Waals surface area (Å²) >= 11 is 0. The predicted octanol–water partition coefficient (Wildman–Crippen LogP) is 2.14. The van der Waals surface area contributed by atoms with Crippen LogP contribution in [0.4, 0.5) is 0 Å². The van der Waals surface area contributed by atoms with Crippen molar-refractivity contribution < 1.29 is 9.59 Å². The Hall–Kier alpha value is -2.66. The number of aryl methyl sites for hydroxylation is 1. The quantitative estimate of drug-likeness (QED) is 0.812. The van der Waals surface area contributed by atoms with Crippen LogP contribution in [0.3, 0.4) is 0 Å². The third kappa shape index (κ3) is 6.04. The van der Waals surface area contributed by atoms with Crippen LogP contribution in [-0.4, -0.2) is 43.9 Å². The lowest BCUT2D eigenvalue weighted by molar-refractivity contribution is -0.121. The number of hydrogen-bond donors (Lipinski definition) is 2. The van der Waals surface area contributed by atoms with Crippen LogP contribution in [0, 0.1) is 6.92 Å². The number of benzene rings is 2. The van der Waals surface area contributed by atoms with Gasteiger partial charge in [0.15, 0.2) is 0 Å². The van der Waals surface area contributed by atoms with Crippen molar-refractivity contribution in [2.24, 2.45) is 0 Å². The first-order valence-electron chi connectivity index (χ1n) is 8.29. The summed E-state index contributed by atoms with van der Waals surface area (Å²) in [5.41, 5.74) is 2.60. The molecule has 0 aliphatic carbocycles. The zero-order chi connectivity index (χ0) is 18.2. The maximum Gasteiger partial charge on any atom is 0.251 e. The van der Waals surface area contributed by atoms with Gasteiger partial charge >= 0.3 is 0 Å². The van der Waals surface area contributed by atoms with Gasteiger partial charge in [-0.1, -0.05) is 48.0 Å². The average molecular weight is 339 g/mol. The van der Waals surface area contributed by atoms with Crippen molar-refractivity contribution in [3.8, 4) is 0 Å². The van der Waals surface area contributed by atoms with E-state index in [0.717, 1.165) is 11.1 Å². The van der Waals surface area contributed by atoms with E-state index < -0.39 is 0 Å². The summed E-state index contributed by atoms with van der Waals surface area (Å²) in [6.07, 6.45) is 0. The third-order valence-electron chi connectivity index (χ3n) is 3.77. The van der Waals surface area contributed by atoms with Gasteiger partial charge in [0.05, 0.1) is 12.6 Å². The summed E-state index contributed by atoms with van der Waals surface area (Å²) in [5, 5.41) is 5.66. The van der Waals surface area contributed by atoms with E-state index in [1.165, 1.54) is 0 Å². The summed E-state index contributed by atoms with van der Waals surface area (Å²) in [6.45, 7) is 2.56. The lowest BCUT2D eigenvalue weighted by Gasteiger charge is -2.23. The molecule has 2 rings (SSSR count). The molecule has 1 atom stereocenters. The Labute approximate surface area is 149 Å². The van der Waals surface area contributed by atoms with E-state index in [-0.39, 0.29) is 24.4 Å². The smallest absolute Gasteiger partial charge is 0.251 e. The Morgan fingerprint density at radius 3 is 2.40 bits per heavy atom. The molecule has 2 aromatic carbocycles. The lowest BCUT2D eigenvalue weighted by Crippen LogP contribution is -2.41. The molecule has 0 aromatic heterocycles. The maximum atomic E-state index is 12.3. The fraction of sp³-hybridized carbons (Fsp3) is 0.300. The van der Waals surface area contributed by atoms with Crippen molar-refractivity contribution >= 4 is 11.8 Å². The number of hydrogen-bond acceptors (Lipinski definition) is 3. The molecule has 0 bridgehead atoms. The van der Waals surface area contributed by atoms with Crippen molar-refractivity contribution in [3.05, 3.63) is 71.3 Å². The zero-order valence-corrected chi connectivity index (χ0v) is 15.0. The molecular weight excluding hydrogens is 314 g/mol. The fourth-order valence-electron chi connectivity index (χ4n) is 2.58. The van der Waals surface area contributed by atoms with E-state index in [1.807, 2.05) is 68.4 Å². The molecule has 2 amide bonds. The van der Waals surface area contributed by atoms with Gasteiger partial charge in [-0.25, -0.2) is 0 Å². The van der Waals surface area contributed by atoms with Gasteiger partial charge in [-0.3, -0.25) is 9.59 Å². The van der Waals surface area contributed by atoms with E-state index in [0.29, 0.717) is 12.1 Å². The van der Waals surface area contributed by atoms with Gasteiger partial charge in [-0.15, -0.1) is 0 Å². The van der Waals surface area contributed by atoms with Crippen LogP contribution in [0.1, 0.15) is 27.5 Å². The zero-order valence-electron chi connectivity index (χ0n) is 15.0. The monoisotopic (exact) mass is 339 g/mol. The Balaban J connectivity index is 1.93. The number of nitrogens with one attached hydrogen (secondary N) is 2.